The molecule has 8 heteroatoms. The third-order valence-corrected chi connectivity index (χ3v) is 12.2. The van der Waals surface area contributed by atoms with Crippen molar-refractivity contribution in [3.63, 3.8) is 0 Å². The third-order valence-electron chi connectivity index (χ3n) is 12.2. The molecule has 0 aliphatic carbocycles. The molecule has 0 saturated heterocycles. The van der Waals surface area contributed by atoms with Gasteiger partial charge in [0.2, 0.25) is 0 Å². The quantitative estimate of drug-likeness (QED) is 0.0259. The lowest BCUT2D eigenvalue weighted by Gasteiger charge is -2.34. The smallest absolute Gasteiger partial charge is 0.306 e. The zero-order valence-corrected chi connectivity index (χ0v) is 43.2. The molecule has 0 aromatic heterocycles. The van der Waals surface area contributed by atoms with E-state index in [1.54, 1.807) is 21.1 Å². The molecule has 378 valence electrons. The summed E-state index contributed by atoms with van der Waals surface area (Å²) in [5, 5.41) is 11.7. The Labute approximate surface area is 401 Å². The van der Waals surface area contributed by atoms with Gasteiger partial charge in [-0.25, -0.2) is 0 Å². The van der Waals surface area contributed by atoms with Crippen molar-refractivity contribution < 1.29 is 38.2 Å². The van der Waals surface area contributed by atoms with Gasteiger partial charge in [-0.15, -0.1) is 0 Å². The van der Waals surface area contributed by atoms with Crippen molar-refractivity contribution in [2.75, 3.05) is 41.0 Å². The van der Waals surface area contributed by atoms with E-state index in [0.717, 1.165) is 77.0 Å². The van der Waals surface area contributed by atoms with Crippen LogP contribution in [-0.2, 0) is 28.6 Å². The van der Waals surface area contributed by atoms with Crippen LogP contribution < -0.4 is 5.11 Å². The third kappa shape index (κ3) is 46.2. The minimum atomic E-state index is -1.13. The summed E-state index contributed by atoms with van der Waals surface area (Å²) in [5.41, 5.74) is 0. The molecule has 0 saturated carbocycles. The first kappa shape index (κ1) is 62.3. The SMILES string of the molecule is CCCCC/C=C/C/C=C/C/C=C/C/C=C/CCCCCCCC(=O)OCC(COCCC(C(=O)[O-])[N+](C)(C)C)OC(=O)CCCCCCCCCCCCCCCCCCCCCC. The van der Waals surface area contributed by atoms with Crippen molar-refractivity contribution in [1.29, 1.82) is 0 Å². The number of likely N-dealkylation sites (N-methyl/N-ethyl adjacent to an activating group) is 1. The standard InChI is InChI=1S/C57H103NO7/c1-6-8-10-12-14-16-18-20-22-24-26-28-30-31-33-35-37-39-41-43-45-47-55(59)64-52-53(51-63-50-49-54(57(61)62)58(3,4)5)65-56(60)48-46-44-42-40-38-36-34-32-29-27-25-23-21-19-17-15-13-11-9-7-2/h14,16,20,22,26,28,31,33,53-54H,6-13,15,17-19,21,23-25,27,29-30,32,34-52H2,1-5H3/b16-14+,22-20+,28-26+,33-31+. The van der Waals surface area contributed by atoms with E-state index in [1.165, 1.54) is 135 Å². The van der Waals surface area contributed by atoms with Gasteiger partial charge in [0.05, 0.1) is 40.3 Å². The van der Waals surface area contributed by atoms with Gasteiger partial charge >= 0.3 is 11.9 Å². The molecule has 0 aliphatic heterocycles. The van der Waals surface area contributed by atoms with Gasteiger partial charge in [-0.2, -0.15) is 0 Å². The van der Waals surface area contributed by atoms with Crippen LogP contribution in [0.5, 0.6) is 0 Å². The van der Waals surface area contributed by atoms with Gasteiger partial charge in [0.1, 0.15) is 12.6 Å². The lowest BCUT2D eigenvalue weighted by Crippen LogP contribution is -2.55. The normalized spacial score (nSPS) is 13.2. The second-order valence-corrected chi connectivity index (χ2v) is 19.5. The maximum absolute atomic E-state index is 12.8. The van der Waals surface area contributed by atoms with Gasteiger partial charge in [-0.3, -0.25) is 9.59 Å². The fourth-order valence-corrected chi connectivity index (χ4v) is 8.00. The van der Waals surface area contributed by atoms with Gasteiger partial charge < -0.3 is 28.6 Å². The molecule has 0 N–H and O–H groups in total. The van der Waals surface area contributed by atoms with Crippen LogP contribution in [0.2, 0.25) is 0 Å². The van der Waals surface area contributed by atoms with Crippen LogP contribution in [-0.4, -0.2) is 75.5 Å². The number of hydrogen-bond donors (Lipinski definition) is 0. The molecule has 0 fully saturated rings. The number of quaternary nitrogens is 1. The van der Waals surface area contributed by atoms with E-state index in [-0.39, 0.29) is 42.7 Å². The molecule has 2 atom stereocenters. The number of allylic oxidation sites excluding steroid dienone is 8. The molecule has 8 nitrogen and oxygen atoms in total. The van der Waals surface area contributed by atoms with Crippen molar-refractivity contribution in [1.82, 2.24) is 0 Å². The minimum Gasteiger partial charge on any atom is -0.544 e. The summed E-state index contributed by atoms with van der Waals surface area (Å²) in [5.74, 6) is -1.75. The van der Waals surface area contributed by atoms with Gasteiger partial charge in [0, 0.05) is 19.3 Å². The molecular formula is C57H103NO7. The Hall–Kier alpha value is -2.71. The number of hydrogen-bond acceptors (Lipinski definition) is 7. The van der Waals surface area contributed by atoms with E-state index in [0.29, 0.717) is 12.8 Å². The monoisotopic (exact) mass is 914 g/mol. The average Bonchev–Trinajstić information content (AvgIpc) is 3.27. The van der Waals surface area contributed by atoms with Gasteiger partial charge in [-0.1, -0.05) is 217 Å². The van der Waals surface area contributed by atoms with E-state index >= 15 is 0 Å². The Morgan fingerprint density at radius 3 is 1.23 bits per heavy atom. The molecule has 0 bridgehead atoms. The van der Waals surface area contributed by atoms with Crippen LogP contribution >= 0.6 is 0 Å². The highest BCUT2D eigenvalue weighted by Gasteiger charge is 2.25. The summed E-state index contributed by atoms with van der Waals surface area (Å²) in [6.45, 7) is 4.65. The number of rotatable bonds is 49. The predicted molar refractivity (Wildman–Crippen MR) is 273 cm³/mol. The molecule has 0 aromatic carbocycles. The lowest BCUT2D eigenvalue weighted by molar-refractivity contribution is -0.889. The molecule has 0 aliphatic rings. The Balaban J connectivity index is 4.24. The van der Waals surface area contributed by atoms with Gasteiger partial charge in [0.15, 0.2) is 6.10 Å². The molecule has 0 heterocycles. The Morgan fingerprint density at radius 2 is 0.815 bits per heavy atom. The van der Waals surface area contributed by atoms with Crippen LogP contribution in [0.1, 0.15) is 245 Å². The molecule has 0 spiro atoms. The fraction of sp³-hybridized carbons (Fsp3) is 0.807. The molecule has 65 heavy (non-hydrogen) atoms. The average molecular weight is 914 g/mol. The highest BCUT2D eigenvalue weighted by Crippen LogP contribution is 2.16. The van der Waals surface area contributed by atoms with Crippen molar-refractivity contribution in [2.24, 2.45) is 0 Å². The van der Waals surface area contributed by atoms with Gasteiger partial charge in [0.25, 0.3) is 0 Å². The Kier molecular flexibility index (Phi) is 45.8. The van der Waals surface area contributed by atoms with E-state index < -0.39 is 18.1 Å². The molecule has 0 radical (unpaired) electrons. The molecule has 0 amide bonds. The van der Waals surface area contributed by atoms with E-state index in [1.807, 2.05) is 0 Å². The number of esters is 2. The summed E-state index contributed by atoms with van der Waals surface area (Å²) in [4.78, 5) is 37.1. The molecule has 0 aromatic rings. The number of carboxylic acid groups (broad SMARTS) is 1. The number of unbranched alkanes of at least 4 members (excludes halogenated alkanes) is 27. The van der Waals surface area contributed by atoms with Crippen LogP contribution in [0.15, 0.2) is 48.6 Å². The maximum atomic E-state index is 12.8. The van der Waals surface area contributed by atoms with Gasteiger partial charge in [-0.05, 0) is 57.8 Å². The van der Waals surface area contributed by atoms with E-state index in [2.05, 4.69) is 62.5 Å². The largest absolute Gasteiger partial charge is 0.544 e. The maximum Gasteiger partial charge on any atom is 0.306 e. The van der Waals surface area contributed by atoms with Crippen LogP contribution in [0, 0.1) is 0 Å². The number of carbonyl (C=O) groups excluding carboxylic acids is 3. The highest BCUT2D eigenvalue weighted by molar-refractivity contribution is 5.70. The summed E-state index contributed by atoms with van der Waals surface area (Å²) >= 11 is 0. The predicted octanol–water partition coefficient (Wildman–Crippen LogP) is 14.6. The number of carbonyl (C=O) groups is 3. The zero-order valence-electron chi connectivity index (χ0n) is 43.2. The number of aliphatic carboxylic acids is 1. The van der Waals surface area contributed by atoms with Crippen molar-refractivity contribution in [3.05, 3.63) is 48.6 Å². The molecule has 0 rings (SSSR count). The first-order valence-electron chi connectivity index (χ1n) is 27.2. The van der Waals surface area contributed by atoms with Crippen molar-refractivity contribution in [3.8, 4) is 0 Å². The number of nitrogens with zero attached hydrogens (tertiary/aromatic N) is 1. The van der Waals surface area contributed by atoms with Crippen LogP contribution in [0.25, 0.3) is 0 Å². The first-order valence-corrected chi connectivity index (χ1v) is 27.2. The first-order chi connectivity index (χ1) is 31.6. The number of ether oxygens (including phenoxy) is 3. The summed E-state index contributed by atoms with van der Waals surface area (Å²) in [7, 11) is 5.42. The minimum absolute atomic E-state index is 0.0363. The summed E-state index contributed by atoms with van der Waals surface area (Å²) in [6, 6.07) is -0.729. The van der Waals surface area contributed by atoms with Crippen molar-refractivity contribution >= 4 is 17.9 Å². The molecular weight excluding hydrogens is 811 g/mol. The zero-order chi connectivity index (χ0) is 47.7. The second kappa shape index (κ2) is 47.8. The summed E-state index contributed by atoms with van der Waals surface area (Å²) < 4.78 is 17.3. The van der Waals surface area contributed by atoms with Crippen LogP contribution in [0.3, 0.4) is 0 Å². The Morgan fingerprint density at radius 1 is 0.462 bits per heavy atom. The van der Waals surface area contributed by atoms with Crippen LogP contribution in [0.4, 0.5) is 0 Å². The second-order valence-electron chi connectivity index (χ2n) is 19.5. The lowest BCUT2D eigenvalue weighted by atomic mass is 10.0. The number of carboxylic acids is 1. The molecule has 2 unspecified atom stereocenters. The Bertz CT molecular complexity index is 1200. The topological polar surface area (TPSA) is 102 Å². The highest BCUT2D eigenvalue weighted by atomic mass is 16.6. The van der Waals surface area contributed by atoms with E-state index in [4.69, 9.17) is 14.2 Å². The summed E-state index contributed by atoms with van der Waals surface area (Å²) in [6.07, 6.45) is 58.5. The van der Waals surface area contributed by atoms with E-state index in [9.17, 15) is 19.5 Å². The fourth-order valence-electron chi connectivity index (χ4n) is 8.00. The van der Waals surface area contributed by atoms with Crippen molar-refractivity contribution in [2.45, 2.75) is 257 Å².